The van der Waals surface area contributed by atoms with Crippen LogP contribution in [0.3, 0.4) is 0 Å². The zero-order chi connectivity index (χ0) is 25.3. The van der Waals surface area contributed by atoms with E-state index >= 15 is 0 Å². The lowest BCUT2D eigenvalue weighted by molar-refractivity contribution is -0.145. The first-order valence-corrected chi connectivity index (χ1v) is 12.0. The number of benzene rings is 1. The Morgan fingerprint density at radius 1 is 1.15 bits per heavy atom. The monoisotopic (exact) mass is 490 g/mol. The predicted molar refractivity (Wildman–Crippen MR) is 133 cm³/mol. The van der Waals surface area contributed by atoms with Crippen LogP contribution in [-0.2, 0) is 24.5 Å². The molecule has 34 heavy (non-hydrogen) atoms. The summed E-state index contributed by atoms with van der Waals surface area (Å²) < 4.78 is 6.51. The van der Waals surface area contributed by atoms with Gasteiger partial charge in [-0.3, -0.25) is 14.4 Å². The van der Waals surface area contributed by atoms with Crippen molar-refractivity contribution in [3.05, 3.63) is 41.0 Å². The molecule has 1 N–H and O–H groups in total. The predicted octanol–water partition coefficient (Wildman–Crippen LogP) is 4.73. The third-order valence-corrected chi connectivity index (χ3v) is 5.46. The Morgan fingerprint density at radius 2 is 1.85 bits per heavy atom. The van der Waals surface area contributed by atoms with Crippen molar-refractivity contribution in [2.45, 2.75) is 65.7 Å². The van der Waals surface area contributed by atoms with Crippen molar-refractivity contribution in [2.75, 3.05) is 25.0 Å². The van der Waals surface area contributed by atoms with Crippen molar-refractivity contribution in [1.82, 2.24) is 14.7 Å². The van der Waals surface area contributed by atoms with E-state index in [2.05, 4.69) is 10.4 Å². The molecule has 9 heteroatoms. The number of carbonyl (C=O) groups is 3. The second-order valence-electron chi connectivity index (χ2n) is 9.05. The van der Waals surface area contributed by atoms with Gasteiger partial charge in [-0.2, -0.15) is 5.10 Å². The van der Waals surface area contributed by atoms with Gasteiger partial charge in [0, 0.05) is 24.4 Å². The minimum atomic E-state index is -0.422. The number of amides is 2. The van der Waals surface area contributed by atoms with Crippen molar-refractivity contribution >= 4 is 35.2 Å². The molecule has 0 unspecified atom stereocenters. The van der Waals surface area contributed by atoms with Crippen LogP contribution in [0.1, 0.15) is 66.0 Å². The molecule has 0 aliphatic rings. The number of halogens is 1. The largest absolute Gasteiger partial charge is 0.466 e. The molecule has 0 atom stereocenters. The van der Waals surface area contributed by atoms with Crippen LogP contribution < -0.4 is 5.32 Å². The zero-order valence-electron chi connectivity index (χ0n) is 20.7. The number of para-hydroxylation sites is 1. The molecule has 1 aromatic carbocycles. The third kappa shape index (κ3) is 7.87. The topological polar surface area (TPSA) is 93.5 Å². The fourth-order valence-electron chi connectivity index (χ4n) is 3.24. The molecule has 0 radical (unpaired) electrons. The maximum atomic E-state index is 13.0. The van der Waals surface area contributed by atoms with E-state index in [-0.39, 0.29) is 43.2 Å². The fourth-order valence-corrected chi connectivity index (χ4v) is 3.46. The molecule has 0 aliphatic heterocycles. The fraction of sp³-hybridized carbons (Fsp3) is 0.520. The summed E-state index contributed by atoms with van der Waals surface area (Å²) in [5.74, 6) is -0.563. The molecule has 2 amide bonds. The number of esters is 1. The number of ether oxygens (including phenoxy) is 1. The Labute approximate surface area is 206 Å². The molecule has 1 aromatic heterocycles. The highest BCUT2D eigenvalue weighted by Gasteiger charge is 2.24. The smallest absolute Gasteiger partial charge is 0.306 e. The highest BCUT2D eigenvalue weighted by Crippen LogP contribution is 2.29. The molecular weight excluding hydrogens is 456 g/mol. The van der Waals surface area contributed by atoms with Gasteiger partial charge >= 0.3 is 5.97 Å². The quantitative estimate of drug-likeness (QED) is 0.459. The van der Waals surface area contributed by atoms with Gasteiger partial charge in [-0.25, -0.2) is 4.68 Å². The summed E-state index contributed by atoms with van der Waals surface area (Å²) in [6, 6.07) is 9.07. The molecule has 1 heterocycles. The Bertz CT molecular complexity index is 997. The summed E-state index contributed by atoms with van der Waals surface area (Å²) in [6.07, 6.45) is 1.62. The van der Waals surface area contributed by atoms with E-state index < -0.39 is 5.97 Å². The van der Waals surface area contributed by atoms with E-state index in [1.54, 1.807) is 17.7 Å². The molecule has 0 saturated heterocycles. The maximum absolute atomic E-state index is 13.0. The number of aromatic nitrogens is 2. The minimum absolute atomic E-state index is 0.00154. The Morgan fingerprint density at radius 3 is 2.47 bits per heavy atom. The van der Waals surface area contributed by atoms with E-state index in [0.717, 1.165) is 18.5 Å². The van der Waals surface area contributed by atoms with Crippen molar-refractivity contribution in [2.24, 2.45) is 0 Å². The molecule has 186 valence electrons. The number of hydrogen-bond acceptors (Lipinski definition) is 5. The molecule has 2 aromatic rings. The van der Waals surface area contributed by atoms with Crippen molar-refractivity contribution in [1.29, 1.82) is 0 Å². The number of carbonyl (C=O) groups excluding carboxylic acids is 3. The number of nitrogens with one attached hydrogen (secondary N) is 1. The SMILES string of the molecule is CCCCN(CC(=O)Nc1cc(C(C)(C)C)nn1-c1ccccc1Cl)C(=O)CCC(=O)OCC. The van der Waals surface area contributed by atoms with Crippen LogP contribution in [0.2, 0.25) is 5.02 Å². The second kappa shape index (κ2) is 12.6. The third-order valence-electron chi connectivity index (χ3n) is 5.14. The first-order chi connectivity index (χ1) is 16.1. The highest BCUT2D eigenvalue weighted by atomic mass is 35.5. The lowest BCUT2D eigenvalue weighted by Gasteiger charge is -2.22. The number of hydrogen-bond donors (Lipinski definition) is 1. The summed E-state index contributed by atoms with van der Waals surface area (Å²) in [6.45, 7) is 10.4. The van der Waals surface area contributed by atoms with Gasteiger partial charge in [-0.15, -0.1) is 0 Å². The van der Waals surface area contributed by atoms with Gasteiger partial charge in [-0.05, 0) is 25.5 Å². The van der Waals surface area contributed by atoms with Gasteiger partial charge < -0.3 is 15.0 Å². The number of anilines is 1. The molecule has 0 aliphatic carbocycles. The number of nitrogens with zero attached hydrogens (tertiary/aromatic N) is 3. The van der Waals surface area contributed by atoms with Crippen LogP contribution in [0.4, 0.5) is 5.82 Å². The highest BCUT2D eigenvalue weighted by molar-refractivity contribution is 6.32. The average molecular weight is 491 g/mol. The van der Waals surface area contributed by atoms with Crippen molar-refractivity contribution in [3.8, 4) is 5.69 Å². The van der Waals surface area contributed by atoms with Crippen LogP contribution in [0.15, 0.2) is 30.3 Å². The van der Waals surface area contributed by atoms with Crippen LogP contribution in [0.5, 0.6) is 0 Å². The minimum Gasteiger partial charge on any atom is -0.466 e. The molecular formula is C25H35ClN4O4. The summed E-state index contributed by atoms with van der Waals surface area (Å²) in [5, 5.41) is 8.07. The van der Waals surface area contributed by atoms with Gasteiger partial charge in [0.25, 0.3) is 0 Å². The molecule has 0 fully saturated rings. The summed E-state index contributed by atoms with van der Waals surface area (Å²) in [7, 11) is 0. The summed E-state index contributed by atoms with van der Waals surface area (Å²) in [4.78, 5) is 38.8. The molecule has 2 rings (SSSR count). The van der Waals surface area contributed by atoms with E-state index in [4.69, 9.17) is 16.3 Å². The lowest BCUT2D eigenvalue weighted by atomic mass is 9.92. The summed E-state index contributed by atoms with van der Waals surface area (Å²) >= 11 is 6.39. The van der Waals surface area contributed by atoms with E-state index in [1.165, 1.54) is 4.90 Å². The van der Waals surface area contributed by atoms with Gasteiger partial charge in [0.1, 0.15) is 5.82 Å². The molecule has 8 nitrogen and oxygen atoms in total. The Kier molecular flexibility index (Phi) is 10.1. The average Bonchev–Trinajstić information content (AvgIpc) is 3.19. The molecule has 0 bridgehead atoms. The van der Waals surface area contributed by atoms with Crippen LogP contribution in [0.25, 0.3) is 5.69 Å². The van der Waals surface area contributed by atoms with Crippen LogP contribution in [-0.4, -0.2) is 52.2 Å². The van der Waals surface area contributed by atoms with Gasteiger partial charge in [0.2, 0.25) is 11.8 Å². The molecule has 0 spiro atoms. The number of rotatable bonds is 11. The van der Waals surface area contributed by atoms with E-state index in [1.807, 2.05) is 52.0 Å². The maximum Gasteiger partial charge on any atom is 0.306 e. The van der Waals surface area contributed by atoms with Crippen molar-refractivity contribution < 1.29 is 19.1 Å². The van der Waals surface area contributed by atoms with Crippen LogP contribution >= 0.6 is 11.6 Å². The lowest BCUT2D eigenvalue weighted by Crippen LogP contribution is -2.39. The Balaban J connectivity index is 2.21. The number of unbranched alkanes of at least 4 members (excludes halogenated alkanes) is 1. The molecule has 0 saturated carbocycles. The first-order valence-electron chi connectivity index (χ1n) is 11.7. The second-order valence-corrected chi connectivity index (χ2v) is 9.46. The Hall–Kier alpha value is -2.87. The first kappa shape index (κ1) is 27.4. The standard InChI is InChI=1S/C25H35ClN4O4/c1-6-8-15-29(23(32)13-14-24(33)34-7-2)17-22(31)27-21-16-20(25(3,4)5)28-30(21)19-12-10-9-11-18(19)26/h9-12,16H,6-8,13-15,17H2,1-5H3,(H,27,31). The van der Waals surface area contributed by atoms with Crippen molar-refractivity contribution in [3.63, 3.8) is 0 Å². The van der Waals surface area contributed by atoms with Gasteiger partial charge in [-0.1, -0.05) is 57.8 Å². The summed E-state index contributed by atoms with van der Waals surface area (Å²) in [5.41, 5.74) is 1.18. The van der Waals surface area contributed by atoms with Crippen LogP contribution in [0, 0.1) is 0 Å². The van der Waals surface area contributed by atoms with E-state index in [0.29, 0.717) is 23.1 Å². The van der Waals surface area contributed by atoms with E-state index in [9.17, 15) is 14.4 Å². The zero-order valence-corrected chi connectivity index (χ0v) is 21.4. The van der Waals surface area contributed by atoms with Gasteiger partial charge in [0.05, 0.1) is 36.0 Å². The normalized spacial score (nSPS) is 11.2. The van der Waals surface area contributed by atoms with Gasteiger partial charge in [0.15, 0.2) is 0 Å².